The highest BCUT2D eigenvalue weighted by atomic mass is 16.3. The lowest BCUT2D eigenvalue weighted by Gasteiger charge is -2.07. The number of hydrogen-bond acceptors (Lipinski definition) is 3. The number of phenols is 2. The maximum Gasteiger partial charge on any atom is 0.251 e. The van der Waals surface area contributed by atoms with E-state index < -0.39 is 0 Å². The van der Waals surface area contributed by atoms with Gasteiger partial charge >= 0.3 is 0 Å². The maximum atomic E-state index is 12.2. The summed E-state index contributed by atoms with van der Waals surface area (Å²) in [5, 5.41) is 21.6. The van der Waals surface area contributed by atoms with Gasteiger partial charge in [-0.1, -0.05) is 48.5 Å². The van der Waals surface area contributed by atoms with Crippen LogP contribution >= 0.6 is 0 Å². The van der Waals surface area contributed by atoms with Crippen molar-refractivity contribution < 1.29 is 15.0 Å². The number of hydrogen-bond donors (Lipinski definition) is 3. The fourth-order valence-corrected chi connectivity index (χ4v) is 2.59. The zero-order chi connectivity index (χ0) is 17.6. The van der Waals surface area contributed by atoms with E-state index in [2.05, 4.69) is 5.32 Å². The summed E-state index contributed by atoms with van der Waals surface area (Å²) in [5.74, 6) is -0.436. The van der Waals surface area contributed by atoms with Crippen LogP contribution in [0.25, 0.3) is 11.1 Å². The van der Waals surface area contributed by atoms with E-state index in [4.69, 9.17) is 0 Å². The van der Waals surface area contributed by atoms with Gasteiger partial charge in [0.05, 0.1) is 0 Å². The Morgan fingerprint density at radius 3 is 2.16 bits per heavy atom. The molecule has 3 rings (SSSR count). The number of benzene rings is 3. The van der Waals surface area contributed by atoms with Gasteiger partial charge in [-0.3, -0.25) is 4.79 Å². The third-order valence-corrected chi connectivity index (χ3v) is 3.99. The molecule has 1 amide bonds. The molecule has 0 unspecified atom stereocenters. The summed E-state index contributed by atoms with van der Waals surface area (Å²) in [7, 11) is 0. The standard InChI is InChI=1S/C21H19NO3/c23-19-11-6-15(14-20(19)24)12-13-22-21(25)18-9-7-17(8-10-18)16-4-2-1-3-5-16/h1-11,14,23-24H,12-13H2,(H,22,25). The van der Waals surface area contributed by atoms with E-state index in [-0.39, 0.29) is 17.4 Å². The molecule has 0 aliphatic rings. The van der Waals surface area contributed by atoms with Crippen LogP contribution in [0.1, 0.15) is 15.9 Å². The van der Waals surface area contributed by atoms with Crippen molar-refractivity contribution in [3.8, 4) is 22.6 Å². The molecule has 126 valence electrons. The van der Waals surface area contributed by atoms with Crippen molar-refractivity contribution in [3.63, 3.8) is 0 Å². The minimum absolute atomic E-state index is 0.136. The van der Waals surface area contributed by atoms with Crippen molar-refractivity contribution in [2.24, 2.45) is 0 Å². The van der Waals surface area contributed by atoms with E-state index in [0.717, 1.165) is 16.7 Å². The molecule has 0 bridgehead atoms. The number of amides is 1. The first kappa shape index (κ1) is 16.6. The Morgan fingerprint density at radius 2 is 1.48 bits per heavy atom. The van der Waals surface area contributed by atoms with E-state index in [1.54, 1.807) is 6.07 Å². The van der Waals surface area contributed by atoms with Crippen molar-refractivity contribution in [1.29, 1.82) is 0 Å². The molecule has 0 heterocycles. The summed E-state index contributed by atoms with van der Waals surface area (Å²) in [5.41, 5.74) is 3.63. The van der Waals surface area contributed by atoms with Crippen LogP contribution in [0.3, 0.4) is 0 Å². The van der Waals surface area contributed by atoms with E-state index >= 15 is 0 Å². The molecule has 3 aromatic rings. The van der Waals surface area contributed by atoms with E-state index in [0.29, 0.717) is 18.5 Å². The number of carbonyl (C=O) groups excluding carboxylic acids is 1. The summed E-state index contributed by atoms with van der Waals surface area (Å²) < 4.78 is 0. The summed E-state index contributed by atoms with van der Waals surface area (Å²) >= 11 is 0. The second-order valence-corrected chi connectivity index (χ2v) is 5.77. The first-order valence-corrected chi connectivity index (χ1v) is 8.08. The molecule has 4 heteroatoms. The van der Waals surface area contributed by atoms with Crippen LogP contribution in [-0.4, -0.2) is 22.7 Å². The van der Waals surface area contributed by atoms with E-state index in [1.165, 1.54) is 12.1 Å². The Bertz CT molecular complexity index is 858. The molecular formula is C21H19NO3. The maximum absolute atomic E-state index is 12.2. The summed E-state index contributed by atoms with van der Waals surface area (Å²) in [6.45, 7) is 0.448. The predicted octanol–water partition coefficient (Wildman–Crippen LogP) is 3.74. The highest BCUT2D eigenvalue weighted by Gasteiger charge is 2.06. The molecule has 0 radical (unpaired) electrons. The van der Waals surface area contributed by atoms with Crippen LogP contribution in [-0.2, 0) is 6.42 Å². The Hall–Kier alpha value is -3.27. The van der Waals surface area contributed by atoms with Crippen molar-refractivity contribution >= 4 is 5.91 Å². The molecule has 0 saturated heterocycles. The molecule has 0 aliphatic heterocycles. The topological polar surface area (TPSA) is 69.6 Å². The van der Waals surface area contributed by atoms with E-state index in [9.17, 15) is 15.0 Å². The smallest absolute Gasteiger partial charge is 0.251 e. The average Bonchev–Trinajstić information content (AvgIpc) is 2.65. The van der Waals surface area contributed by atoms with Crippen molar-refractivity contribution in [1.82, 2.24) is 5.32 Å². The third-order valence-electron chi connectivity index (χ3n) is 3.99. The van der Waals surface area contributed by atoms with Gasteiger partial charge in [0, 0.05) is 12.1 Å². The Morgan fingerprint density at radius 1 is 0.800 bits per heavy atom. The van der Waals surface area contributed by atoms with Crippen LogP contribution in [0.5, 0.6) is 11.5 Å². The van der Waals surface area contributed by atoms with Gasteiger partial charge in [-0.15, -0.1) is 0 Å². The van der Waals surface area contributed by atoms with Gasteiger partial charge in [-0.05, 0) is 47.4 Å². The molecule has 3 N–H and O–H groups in total. The molecular weight excluding hydrogens is 314 g/mol. The molecule has 3 aromatic carbocycles. The zero-order valence-electron chi connectivity index (χ0n) is 13.6. The molecule has 0 aromatic heterocycles. The van der Waals surface area contributed by atoms with Crippen LogP contribution in [0.15, 0.2) is 72.8 Å². The number of carbonyl (C=O) groups is 1. The summed E-state index contributed by atoms with van der Waals surface area (Å²) in [6, 6.07) is 22.1. The SMILES string of the molecule is O=C(NCCc1ccc(O)c(O)c1)c1ccc(-c2ccccc2)cc1. The molecule has 0 aliphatic carbocycles. The van der Waals surface area contributed by atoms with Crippen LogP contribution in [0, 0.1) is 0 Å². The Balaban J connectivity index is 1.57. The third kappa shape index (κ3) is 4.18. The highest BCUT2D eigenvalue weighted by molar-refractivity contribution is 5.94. The summed E-state index contributed by atoms with van der Waals surface area (Å²) in [4.78, 5) is 12.2. The fraction of sp³-hybridized carbons (Fsp3) is 0.0952. The minimum atomic E-state index is -0.152. The van der Waals surface area contributed by atoms with Crippen LogP contribution in [0.4, 0.5) is 0 Å². The minimum Gasteiger partial charge on any atom is -0.504 e. The molecule has 0 atom stereocenters. The first-order chi connectivity index (χ1) is 12.1. The fourth-order valence-electron chi connectivity index (χ4n) is 2.59. The van der Waals surface area contributed by atoms with Gasteiger partial charge in [-0.25, -0.2) is 0 Å². The highest BCUT2D eigenvalue weighted by Crippen LogP contribution is 2.25. The van der Waals surface area contributed by atoms with Gasteiger partial charge < -0.3 is 15.5 Å². The van der Waals surface area contributed by atoms with Crippen molar-refractivity contribution in [2.45, 2.75) is 6.42 Å². The monoisotopic (exact) mass is 333 g/mol. The summed E-state index contributed by atoms with van der Waals surface area (Å²) in [6.07, 6.45) is 0.571. The van der Waals surface area contributed by atoms with Gasteiger partial charge in [0.25, 0.3) is 5.91 Å². The molecule has 4 nitrogen and oxygen atoms in total. The van der Waals surface area contributed by atoms with Gasteiger partial charge in [0.2, 0.25) is 0 Å². The second kappa shape index (κ2) is 7.53. The van der Waals surface area contributed by atoms with Gasteiger partial charge in [0.15, 0.2) is 11.5 Å². The molecule has 25 heavy (non-hydrogen) atoms. The number of nitrogens with one attached hydrogen (secondary N) is 1. The largest absolute Gasteiger partial charge is 0.504 e. The molecule has 0 spiro atoms. The Kier molecular flexibility index (Phi) is 5.00. The first-order valence-electron chi connectivity index (χ1n) is 8.08. The van der Waals surface area contributed by atoms with Gasteiger partial charge in [0.1, 0.15) is 0 Å². The normalized spacial score (nSPS) is 10.4. The van der Waals surface area contributed by atoms with Crippen LogP contribution < -0.4 is 5.32 Å². The molecule has 0 saturated carbocycles. The number of aromatic hydroxyl groups is 2. The predicted molar refractivity (Wildman–Crippen MR) is 97.7 cm³/mol. The Labute approximate surface area is 146 Å². The lowest BCUT2D eigenvalue weighted by Crippen LogP contribution is -2.25. The average molecular weight is 333 g/mol. The second-order valence-electron chi connectivity index (χ2n) is 5.77. The quantitative estimate of drug-likeness (QED) is 0.623. The lowest BCUT2D eigenvalue weighted by atomic mass is 10.0. The van der Waals surface area contributed by atoms with Crippen molar-refractivity contribution in [3.05, 3.63) is 83.9 Å². The van der Waals surface area contributed by atoms with Gasteiger partial charge in [-0.2, -0.15) is 0 Å². The lowest BCUT2D eigenvalue weighted by molar-refractivity contribution is 0.0954. The number of phenolic OH excluding ortho intramolecular Hbond substituents is 2. The van der Waals surface area contributed by atoms with E-state index in [1.807, 2.05) is 54.6 Å². The van der Waals surface area contributed by atoms with Crippen molar-refractivity contribution in [2.75, 3.05) is 6.54 Å². The number of rotatable bonds is 5. The zero-order valence-corrected chi connectivity index (χ0v) is 13.6. The van der Waals surface area contributed by atoms with Crippen LogP contribution in [0.2, 0.25) is 0 Å². The molecule has 0 fully saturated rings.